The summed E-state index contributed by atoms with van der Waals surface area (Å²) in [6.45, 7) is 4.62. The van der Waals surface area contributed by atoms with Gasteiger partial charge in [-0.15, -0.1) is 0 Å². The van der Waals surface area contributed by atoms with Crippen LogP contribution in [-0.2, 0) is 4.74 Å². The summed E-state index contributed by atoms with van der Waals surface area (Å²) in [5, 5.41) is 8.27. The largest absolute Gasteiger partial charge is 0.396 e. The van der Waals surface area contributed by atoms with Crippen LogP contribution in [0.15, 0.2) is 0 Å². The van der Waals surface area contributed by atoms with Gasteiger partial charge in [-0.2, -0.15) is 0 Å². The van der Waals surface area contributed by atoms with Crippen LogP contribution in [0.4, 0.5) is 0 Å². The zero-order valence-corrected chi connectivity index (χ0v) is 5.26. The lowest BCUT2D eigenvalue weighted by Crippen LogP contribution is -1.93. The van der Waals surface area contributed by atoms with Gasteiger partial charge < -0.3 is 9.84 Å². The van der Waals surface area contributed by atoms with Crippen LogP contribution >= 0.6 is 0 Å². The average Bonchev–Trinajstić information content (AvgIpc) is 1.81. The molecule has 0 fully saturated rings. The fraction of sp³-hybridized carbons (Fsp3) is 0.833. The lowest BCUT2D eigenvalue weighted by Gasteiger charge is -1.96. The second-order valence-electron chi connectivity index (χ2n) is 1.52. The topological polar surface area (TPSA) is 29.5 Å². The summed E-state index contributed by atoms with van der Waals surface area (Å²) in [7, 11) is 0. The molecule has 0 bridgehead atoms. The molecule has 0 saturated carbocycles. The Hall–Kier alpha value is -0.0800. The maximum absolute atomic E-state index is 8.27. The monoisotopic (exact) mass is 117 g/mol. The first kappa shape index (κ1) is 7.92. The van der Waals surface area contributed by atoms with Crippen molar-refractivity contribution in [1.29, 1.82) is 0 Å². The molecule has 2 heteroatoms. The average molecular weight is 117 g/mol. The highest BCUT2D eigenvalue weighted by molar-refractivity contribution is 4.43. The molecule has 0 aliphatic heterocycles. The van der Waals surface area contributed by atoms with E-state index in [1.54, 1.807) is 6.61 Å². The summed E-state index contributed by atoms with van der Waals surface area (Å²) in [6, 6.07) is 0. The third kappa shape index (κ3) is 5.92. The summed E-state index contributed by atoms with van der Waals surface area (Å²) < 4.78 is 4.94. The second-order valence-corrected chi connectivity index (χ2v) is 1.52. The molecular weight excluding hydrogens is 104 g/mol. The Morgan fingerprint density at radius 1 is 1.62 bits per heavy atom. The minimum absolute atomic E-state index is 0.220. The van der Waals surface area contributed by atoms with Crippen molar-refractivity contribution in [3.05, 3.63) is 6.61 Å². The van der Waals surface area contributed by atoms with Gasteiger partial charge in [-0.25, -0.2) is 0 Å². The molecular formula is C6H13O2. The van der Waals surface area contributed by atoms with E-state index in [0.717, 1.165) is 12.8 Å². The Bertz CT molecular complexity index is 31.5. The first-order valence-corrected chi connectivity index (χ1v) is 2.96. The zero-order valence-electron chi connectivity index (χ0n) is 5.26. The van der Waals surface area contributed by atoms with Gasteiger partial charge in [0.25, 0.3) is 0 Å². The molecule has 0 aromatic rings. The molecule has 0 heterocycles. The predicted molar refractivity (Wildman–Crippen MR) is 32.2 cm³/mol. The lowest BCUT2D eigenvalue weighted by atomic mass is 10.5. The van der Waals surface area contributed by atoms with Crippen LogP contribution in [0.3, 0.4) is 0 Å². The van der Waals surface area contributed by atoms with E-state index >= 15 is 0 Å². The third-order valence-electron chi connectivity index (χ3n) is 0.705. The number of hydrogen-bond acceptors (Lipinski definition) is 2. The van der Waals surface area contributed by atoms with Crippen molar-refractivity contribution in [2.75, 3.05) is 13.2 Å². The van der Waals surface area contributed by atoms with E-state index in [4.69, 9.17) is 9.84 Å². The Balaban J connectivity index is 2.53. The maximum Gasteiger partial charge on any atom is 0.0833 e. The van der Waals surface area contributed by atoms with Crippen LogP contribution in [0.1, 0.15) is 19.8 Å². The molecule has 0 aliphatic rings. The van der Waals surface area contributed by atoms with E-state index in [9.17, 15) is 0 Å². The zero-order chi connectivity index (χ0) is 6.24. The van der Waals surface area contributed by atoms with Gasteiger partial charge in [0.05, 0.1) is 6.61 Å². The van der Waals surface area contributed by atoms with Crippen molar-refractivity contribution in [1.82, 2.24) is 0 Å². The third-order valence-corrected chi connectivity index (χ3v) is 0.705. The molecule has 8 heavy (non-hydrogen) atoms. The fourth-order valence-electron chi connectivity index (χ4n) is 0.349. The molecule has 2 nitrogen and oxygen atoms in total. The first-order valence-electron chi connectivity index (χ1n) is 2.96. The minimum atomic E-state index is 0.220. The number of hydrogen-bond donors (Lipinski definition) is 1. The predicted octanol–water partition coefficient (Wildman–Crippen LogP) is 0.957. The summed E-state index contributed by atoms with van der Waals surface area (Å²) in [4.78, 5) is 0. The van der Waals surface area contributed by atoms with Crippen LogP contribution in [0.25, 0.3) is 0 Å². The van der Waals surface area contributed by atoms with E-state index in [-0.39, 0.29) is 6.61 Å². The number of ether oxygens (including phenoxy) is 1. The minimum Gasteiger partial charge on any atom is -0.396 e. The second kappa shape index (κ2) is 6.92. The van der Waals surface area contributed by atoms with Gasteiger partial charge in [0.1, 0.15) is 0 Å². The molecule has 0 unspecified atom stereocenters. The van der Waals surface area contributed by atoms with E-state index in [1.165, 1.54) is 0 Å². The molecule has 0 spiro atoms. The Morgan fingerprint density at radius 3 is 2.88 bits per heavy atom. The van der Waals surface area contributed by atoms with Gasteiger partial charge >= 0.3 is 0 Å². The van der Waals surface area contributed by atoms with E-state index < -0.39 is 0 Å². The lowest BCUT2D eigenvalue weighted by molar-refractivity contribution is 0.164. The molecule has 49 valence electrons. The summed E-state index contributed by atoms with van der Waals surface area (Å²) in [5.74, 6) is 0. The van der Waals surface area contributed by atoms with Crippen molar-refractivity contribution in [2.24, 2.45) is 0 Å². The van der Waals surface area contributed by atoms with E-state index in [2.05, 4.69) is 0 Å². The normalized spacial score (nSPS) is 9.75. The van der Waals surface area contributed by atoms with Gasteiger partial charge in [-0.05, 0) is 12.8 Å². The summed E-state index contributed by atoms with van der Waals surface area (Å²) >= 11 is 0. The van der Waals surface area contributed by atoms with Gasteiger partial charge in [0.2, 0.25) is 0 Å². The molecule has 0 atom stereocenters. The van der Waals surface area contributed by atoms with Gasteiger partial charge in [-0.1, -0.05) is 6.92 Å². The highest BCUT2D eigenvalue weighted by Crippen LogP contribution is 1.88. The van der Waals surface area contributed by atoms with Gasteiger partial charge in [0.15, 0.2) is 0 Å². The van der Waals surface area contributed by atoms with Crippen molar-refractivity contribution in [3.8, 4) is 0 Å². The SMILES string of the molecule is CC[CH]OCCCO. The summed E-state index contributed by atoms with van der Waals surface area (Å²) in [5.41, 5.74) is 0. The van der Waals surface area contributed by atoms with Crippen LogP contribution < -0.4 is 0 Å². The Labute approximate surface area is 50.5 Å². The number of rotatable bonds is 5. The molecule has 1 radical (unpaired) electrons. The van der Waals surface area contributed by atoms with Crippen molar-refractivity contribution in [3.63, 3.8) is 0 Å². The number of aliphatic hydroxyl groups is 1. The Kier molecular flexibility index (Phi) is 6.85. The molecule has 0 aromatic carbocycles. The molecule has 0 aromatic heterocycles. The molecule has 1 N–H and O–H groups in total. The molecule has 0 rings (SSSR count). The van der Waals surface area contributed by atoms with Crippen LogP contribution in [-0.4, -0.2) is 18.3 Å². The van der Waals surface area contributed by atoms with Crippen molar-refractivity contribution < 1.29 is 9.84 Å². The van der Waals surface area contributed by atoms with Crippen LogP contribution in [0, 0.1) is 6.61 Å². The van der Waals surface area contributed by atoms with Crippen LogP contribution in [0.2, 0.25) is 0 Å². The summed E-state index contributed by atoms with van der Waals surface area (Å²) in [6.07, 6.45) is 1.67. The van der Waals surface area contributed by atoms with E-state index in [0.29, 0.717) is 6.61 Å². The van der Waals surface area contributed by atoms with Crippen molar-refractivity contribution >= 4 is 0 Å². The standard InChI is InChI=1S/C6H13O2/c1-2-5-8-6-3-4-7/h5,7H,2-4,6H2,1H3. The molecule has 0 saturated heterocycles. The molecule has 0 aliphatic carbocycles. The van der Waals surface area contributed by atoms with E-state index in [1.807, 2.05) is 6.92 Å². The highest BCUT2D eigenvalue weighted by atomic mass is 16.5. The number of aliphatic hydroxyl groups excluding tert-OH is 1. The quantitative estimate of drug-likeness (QED) is 0.543. The van der Waals surface area contributed by atoms with Gasteiger partial charge in [0, 0.05) is 13.2 Å². The first-order chi connectivity index (χ1) is 3.91. The highest BCUT2D eigenvalue weighted by Gasteiger charge is 1.83. The maximum atomic E-state index is 8.27. The fourth-order valence-corrected chi connectivity index (χ4v) is 0.349. The van der Waals surface area contributed by atoms with Crippen molar-refractivity contribution in [2.45, 2.75) is 19.8 Å². The van der Waals surface area contributed by atoms with Gasteiger partial charge in [-0.3, -0.25) is 0 Å². The molecule has 0 amide bonds. The smallest absolute Gasteiger partial charge is 0.0833 e. The van der Waals surface area contributed by atoms with Crippen LogP contribution in [0.5, 0.6) is 0 Å². The Morgan fingerprint density at radius 2 is 2.38 bits per heavy atom.